The van der Waals surface area contributed by atoms with Crippen molar-refractivity contribution in [3.8, 4) is 0 Å². The molecule has 1 aliphatic rings. The minimum Gasteiger partial charge on any atom is -0.383 e. The van der Waals surface area contributed by atoms with Gasteiger partial charge >= 0.3 is 0 Å². The van der Waals surface area contributed by atoms with Crippen molar-refractivity contribution in [1.29, 1.82) is 0 Å². The van der Waals surface area contributed by atoms with Crippen LogP contribution in [0.4, 0.5) is 0 Å². The molecule has 96 valence electrons. The van der Waals surface area contributed by atoms with E-state index in [1.165, 1.54) is 25.8 Å². The number of methoxy groups -OCH3 is 1. The second-order valence-electron chi connectivity index (χ2n) is 4.94. The Kier molecular flexibility index (Phi) is 6.32. The van der Waals surface area contributed by atoms with Crippen LogP contribution in [-0.4, -0.2) is 43.8 Å². The molecule has 2 N–H and O–H groups in total. The number of rotatable bonds is 6. The van der Waals surface area contributed by atoms with Crippen LogP contribution in [0.2, 0.25) is 0 Å². The van der Waals surface area contributed by atoms with E-state index in [0.717, 1.165) is 25.5 Å². The smallest absolute Gasteiger partial charge is 0.0618 e. The Morgan fingerprint density at radius 1 is 1.44 bits per heavy atom. The summed E-state index contributed by atoms with van der Waals surface area (Å²) in [4.78, 5) is 2.58. The summed E-state index contributed by atoms with van der Waals surface area (Å²) in [5.74, 6) is 0.879. The fourth-order valence-electron chi connectivity index (χ4n) is 2.88. The van der Waals surface area contributed by atoms with E-state index in [2.05, 4.69) is 18.7 Å². The van der Waals surface area contributed by atoms with Gasteiger partial charge in [-0.15, -0.1) is 0 Å². The van der Waals surface area contributed by atoms with Crippen molar-refractivity contribution in [3.05, 3.63) is 0 Å². The van der Waals surface area contributed by atoms with Gasteiger partial charge in [0.15, 0.2) is 0 Å². The summed E-state index contributed by atoms with van der Waals surface area (Å²) in [7, 11) is 1.79. The summed E-state index contributed by atoms with van der Waals surface area (Å²) in [6, 6.07) is 1.12. The van der Waals surface area contributed by atoms with E-state index in [4.69, 9.17) is 10.5 Å². The highest BCUT2D eigenvalue weighted by Gasteiger charge is 2.30. The average Bonchev–Trinajstić information content (AvgIpc) is 2.35. The molecule has 3 unspecified atom stereocenters. The highest BCUT2D eigenvalue weighted by atomic mass is 16.5. The van der Waals surface area contributed by atoms with E-state index in [1.807, 2.05) is 0 Å². The fraction of sp³-hybridized carbons (Fsp3) is 1.00. The van der Waals surface area contributed by atoms with Gasteiger partial charge in [0, 0.05) is 25.7 Å². The van der Waals surface area contributed by atoms with Crippen molar-refractivity contribution >= 4 is 0 Å². The maximum atomic E-state index is 5.92. The summed E-state index contributed by atoms with van der Waals surface area (Å²) < 4.78 is 5.31. The summed E-state index contributed by atoms with van der Waals surface area (Å²) in [6.07, 6.45) is 5.05. The van der Waals surface area contributed by atoms with Gasteiger partial charge in [-0.2, -0.15) is 0 Å². The van der Waals surface area contributed by atoms with Crippen LogP contribution in [0.25, 0.3) is 0 Å². The van der Waals surface area contributed by atoms with Crippen LogP contribution < -0.4 is 5.73 Å². The van der Waals surface area contributed by atoms with E-state index in [1.54, 1.807) is 7.11 Å². The van der Waals surface area contributed by atoms with Crippen molar-refractivity contribution in [2.24, 2.45) is 11.7 Å². The minimum atomic E-state index is 0.552. The lowest BCUT2D eigenvalue weighted by Gasteiger charge is -2.43. The Morgan fingerprint density at radius 2 is 2.19 bits per heavy atom. The lowest BCUT2D eigenvalue weighted by Crippen LogP contribution is -2.52. The third-order valence-electron chi connectivity index (χ3n) is 4.02. The highest BCUT2D eigenvalue weighted by Crippen LogP contribution is 2.27. The maximum absolute atomic E-state index is 5.92. The van der Waals surface area contributed by atoms with E-state index in [0.29, 0.717) is 12.1 Å². The normalized spacial score (nSPS) is 29.2. The number of hydrogen-bond acceptors (Lipinski definition) is 3. The SMILES string of the molecule is CCC1CCN(C(CC)COC)C(CN)C1. The molecule has 0 aromatic heterocycles. The molecular formula is C13H28N2O. The highest BCUT2D eigenvalue weighted by molar-refractivity contribution is 4.86. The second kappa shape index (κ2) is 7.25. The topological polar surface area (TPSA) is 38.5 Å². The van der Waals surface area contributed by atoms with Crippen LogP contribution in [0, 0.1) is 5.92 Å². The monoisotopic (exact) mass is 228 g/mol. The molecule has 1 fully saturated rings. The van der Waals surface area contributed by atoms with Crippen LogP contribution in [0.5, 0.6) is 0 Å². The number of piperidine rings is 1. The standard InChI is InChI=1S/C13H28N2O/c1-4-11-6-7-15(13(8-11)9-14)12(5-2)10-16-3/h11-13H,4-10,14H2,1-3H3. The van der Waals surface area contributed by atoms with Gasteiger partial charge in [0.2, 0.25) is 0 Å². The van der Waals surface area contributed by atoms with Gasteiger partial charge in [-0.25, -0.2) is 0 Å². The first-order valence-corrected chi connectivity index (χ1v) is 6.71. The van der Waals surface area contributed by atoms with Crippen molar-refractivity contribution < 1.29 is 4.74 Å². The lowest BCUT2D eigenvalue weighted by atomic mass is 9.87. The molecule has 3 atom stereocenters. The summed E-state index contributed by atoms with van der Waals surface area (Å²) in [5.41, 5.74) is 5.92. The first kappa shape index (κ1) is 13.9. The van der Waals surface area contributed by atoms with Gasteiger partial charge in [-0.1, -0.05) is 20.3 Å². The maximum Gasteiger partial charge on any atom is 0.0618 e. The van der Waals surface area contributed by atoms with Gasteiger partial charge in [-0.3, -0.25) is 4.90 Å². The molecule has 0 radical (unpaired) electrons. The summed E-state index contributed by atoms with van der Waals surface area (Å²) in [6.45, 7) is 7.35. The predicted octanol–water partition coefficient (Wildman–Crippen LogP) is 1.86. The molecule has 0 aromatic rings. The van der Waals surface area contributed by atoms with E-state index in [9.17, 15) is 0 Å². The van der Waals surface area contributed by atoms with Crippen molar-refractivity contribution in [3.63, 3.8) is 0 Å². The lowest BCUT2D eigenvalue weighted by molar-refractivity contribution is 0.0255. The molecule has 0 spiro atoms. The van der Waals surface area contributed by atoms with Crippen LogP contribution in [0.1, 0.15) is 39.5 Å². The number of ether oxygens (including phenoxy) is 1. The Bertz CT molecular complexity index is 187. The zero-order valence-electron chi connectivity index (χ0n) is 11.1. The molecular weight excluding hydrogens is 200 g/mol. The molecule has 0 aromatic carbocycles. The Labute approximate surface area is 100 Å². The predicted molar refractivity (Wildman–Crippen MR) is 68.5 cm³/mol. The molecule has 0 amide bonds. The molecule has 1 aliphatic heterocycles. The molecule has 16 heavy (non-hydrogen) atoms. The number of nitrogens with two attached hydrogens (primary N) is 1. The number of nitrogens with zero attached hydrogens (tertiary/aromatic N) is 1. The molecule has 0 bridgehead atoms. The van der Waals surface area contributed by atoms with Gasteiger partial charge in [-0.05, 0) is 31.7 Å². The molecule has 1 rings (SSSR count). The molecule has 3 nitrogen and oxygen atoms in total. The Morgan fingerprint density at radius 3 is 2.69 bits per heavy atom. The second-order valence-corrected chi connectivity index (χ2v) is 4.94. The Balaban J connectivity index is 2.57. The average molecular weight is 228 g/mol. The third-order valence-corrected chi connectivity index (χ3v) is 4.02. The van der Waals surface area contributed by atoms with Crippen molar-refractivity contribution in [1.82, 2.24) is 4.90 Å². The van der Waals surface area contributed by atoms with E-state index < -0.39 is 0 Å². The Hall–Kier alpha value is -0.120. The zero-order chi connectivity index (χ0) is 12.0. The summed E-state index contributed by atoms with van der Waals surface area (Å²) >= 11 is 0. The van der Waals surface area contributed by atoms with Crippen LogP contribution in [0.15, 0.2) is 0 Å². The first-order chi connectivity index (χ1) is 7.76. The molecule has 1 saturated heterocycles. The minimum absolute atomic E-state index is 0.552. The molecule has 0 aliphatic carbocycles. The third kappa shape index (κ3) is 3.44. The van der Waals surface area contributed by atoms with E-state index >= 15 is 0 Å². The largest absolute Gasteiger partial charge is 0.383 e. The van der Waals surface area contributed by atoms with Crippen LogP contribution in [0.3, 0.4) is 0 Å². The van der Waals surface area contributed by atoms with Crippen LogP contribution >= 0.6 is 0 Å². The van der Waals surface area contributed by atoms with Crippen molar-refractivity contribution in [2.45, 2.75) is 51.6 Å². The van der Waals surface area contributed by atoms with Gasteiger partial charge in [0.05, 0.1) is 6.61 Å². The van der Waals surface area contributed by atoms with Crippen LogP contribution in [-0.2, 0) is 4.74 Å². The van der Waals surface area contributed by atoms with Gasteiger partial charge in [0.25, 0.3) is 0 Å². The quantitative estimate of drug-likeness (QED) is 0.754. The molecule has 0 saturated carbocycles. The molecule has 3 heteroatoms. The number of likely N-dealkylation sites (tertiary alicyclic amines) is 1. The fourth-order valence-corrected chi connectivity index (χ4v) is 2.88. The summed E-state index contributed by atoms with van der Waals surface area (Å²) in [5, 5.41) is 0. The zero-order valence-corrected chi connectivity index (χ0v) is 11.1. The van der Waals surface area contributed by atoms with Gasteiger partial charge < -0.3 is 10.5 Å². The first-order valence-electron chi connectivity index (χ1n) is 6.71. The van der Waals surface area contributed by atoms with Gasteiger partial charge in [0.1, 0.15) is 0 Å². The molecule has 1 heterocycles. The number of hydrogen-bond donors (Lipinski definition) is 1. The van der Waals surface area contributed by atoms with Crippen molar-refractivity contribution in [2.75, 3.05) is 26.8 Å². The van der Waals surface area contributed by atoms with E-state index in [-0.39, 0.29) is 0 Å².